The molecule has 0 spiro atoms. The maximum Gasteiger partial charge on any atom is 0.281 e. The van der Waals surface area contributed by atoms with E-state index in [-0.39, 0.29) is 0 Å². The normalized spacial score (nSPS) is 26.1. The summed E-state index contributed by atoms with van der Waals surface area (Å²) in [5.41, 5.74) is 0. The fourth-order valence-electron chi connectivity index (χ4n) is 2.81. The fourth-order valence-corrected chi connectivity index (χ4v) is 4.53. The molecule has 0 aromatic carbocycles. The van der Waals surface area contributed by atoms with Crippen LogP contribution < -0.4 is 5.32 Å². The summed E-state index contributed by atoms with van der Waals surface area (Å²) in [6.07, 6.45) is 6.17. The monoisotopic (exact) mass is 275 g/mol. The Morgan fingerprint density at radius 3 is 1.89 bits per heavy atom. The van der Waals surface area contributed by atoms with Gasteiger partial charge in [-0.05, 0) is 32.7 Å². The van der Waals surface area contributed by atoms with Crippen LogP contribution >= 0.6 is 0 Å². The topological polar surface area (TPSA) is 52.7 Å². The lowest BCUT2D eigenvalue weighted by atomic mass is 10.1. The van der Waals surface area contributed by atoms with E-state index < -0.39 is 10.2 Å². The number of nitrogens with zero attached hydrogens (tertiary/aromatic N) is 2. The Hall–Kier alpha value is -0.170. The van der Waals surface area contributed by atoms with Gasteiger partial charge in [-0.1, -0.05) is 12.8 Å². The van der Waals surface area contributed by atoms with Crippen molar-refractivity contribution in [3.63, 3.8) is 0 Å². The summed E-state index contributed by atoms with van der Waals surface area (Å²) in [5, 5.41) is 3.23. The highest BCUT2D eigenvalue weighted by Crippen LogP contribution is 2.20. The molecule has 106 valence electrons. The molecule has 2 aliphatic rings. The van der Waals surface area contributed by atoms with E-state index in [9.17, 15) is 8.42 Å². The number of nitrogens with one attached hydrogen (secondary N) is 1. The lowest BCUT2D eigenvalue weighted by molar-refractivity contribution is 0.273. The van der Waals surface area contributed by atoms with Gasteiger partial charge in [-0.3, -0.25) is 0 Å². The molecule has 0 amide bonds. The van der Waals surface area contributed by atoms with Crippen molar-refractivity contribution in [2.24, 2.45) is 0 Å². The molecule has 0 unspecified atom stereocenters. The van der Waals surface area contributed by atoms with Gasteiger partial charge >= 0.3 is 0 Å². The molecule has 2 rings (SSSR count). The first-order chi connectivity index (χ1) is 8.64. The third kappa shape index (κ3) is 3.23. The minimum atomic E-state index is -3.20. The Morgan fingerprint density at radius 1 is 0.889 bits per heavy atom. The highest BCUT2D eigenvalue weighted by molar-refractivity contribution is 7.86. The van der Waals surface area contributed by atoms with Crippen molar-refractivity contribution in [3.8, 4) is 0 Å². The Balaban J connectivity index is 1.97. The third-order valence-corrected chi connectivity index (χ3v) is 6.12. The van der Waals surface area contributed by atoms with Gasteiger partial charge in [-0.15, -0.1) is 0 Å². The molecule has 2 fully saturated rings. The SMILES string of the molecule is CNC1CCN(S(=O)(=O)N2CCCCCC2)CC1. The van der Waals surface area contributed by atoms with Crippen LogP contribution in [0.15, 0.2) is 0 Å². The fraction of sp³-hybridized carbons (Fsp3) is 1.00. The molecule has 0 aromatic heterocycles. The smallest absolute Gasteiger partial charge is 0.281 e. The summed E-state index contributed by atoms with van der Waals surface area (Å²) in [4.78, 5) is 0. The summed E-state index contributed by atoms with van der Waals surface area (Å²) < 4.78 is 28.4. The van der Waals surface area contributed by atoms with E-state index in [2.05, 4.69) is 5.32 Å². The van der Waals surface area contributed by atoms with Crippen LogP contribution in [-0.4, -0.2) is 56.3 Å². The minimum absolute atomic E-state index is 0.473. The van der Waals surface area contributed by atoms with Crippen LogP contribution in [-0.2, 0) is 10.2 Å². The lowest BCUT2D eigenvalue weighted by Gasteiger charge is -2.34. The first-order valence-corrected chi connectivity index (χ1v) is 8.47. The van der Waals surface area contributed by atoms with E-state index in [1.54, 1.807) is 8.61 Å². The van der Waals surface area contributed by atoms with E-state index in [0.29, 0.717) is 32.2 Å². The summed E-state index contributed by atoms with van der Waals surface area (Å²) in [7, 11) is -1.25. The zero-order valence-corrected chi connectivity index (χ0v) is 12.1. The van der Waals surface area contributed by atoms with Crippen LogP contribution in [0.3, 0.4) is 0 Å². The van der Waals surface area contributed by atoms with Crippen molar-refractivity contribution in [1.29, 1.82) is 0 Å². The van der Waals surface area contributed by atoms with Gasteiger partial charge in [-0.25, -0.2) is 0 Å². The van der Waals surface area contributed by atoms with Crippen molar-refractivity contribution in [2.45, 2.75) is 44.6 Å². The highest BCUT2D eigenvalue weighted by atomic mass is 32.2. The maximum absolute atomic E-state index is 12.5. The largest absolute Gasteiger partial charge is 0.317 e. The predicted molar refractivity (Wildman–Crippen MR) is 72.6 cm³/mol. The van der Waals surface area contributed by atoms with E-state index in [0.717, 1.165) is 38.5 Å². The number of piperidine rings is 1. The summed E-state index contributed by atoms with van der Waals surface area (Å²) in [6.45, 7) is 2.72. The van der Waals surface area contributed by atoms with E-state index in [1.165, 1.54) is 0 Å². The van der Waals surface area contributed by atoms with Crippen molar-refractivity contribution in [2.75, 3.05) is 33.2 Å². The second-order valence-electron chi connectivity index (χ2n) is 5.28. The maximum atomic E-state index is 12.5. The molecule has 0 aromatic rings. The Kier molecular flexibility index (Phi) is 5.00. The molecular weight excluding hydrogens is 250 g/mol. The zero-order valence-electron chi connectivity index (χ0n) is 11.3. The average Bonchev–Trinajstić information content (AvgIpc) is 2.68. The van der Waals surface area contributed by atoms with Gasteiger partial charge in [0.15, 0.2) is 0 Å². The van der Waals surface area contributed by atoms with Crippen molar-refractivity contribution in [1.82, 2.24) is 13.9 Å². The molecule has 0 bridgehead atoms. The van der Waals surface area contributed by atoms with Gasteiger partial charge in [0, 0.05) is 32.2 Å². The van der Waals surface area contributed by atoms with Gasteiger partial charge in [0.05, 0.1) is 0 Å². The number of hydrogen-bond acceptors (Lipinski definition) is 3. The summed E-state index contributed by atoms with van der Waals surface area (Å²) in [5.74, 6) is 0. The number of hydrogen-bond donors (Lipinski definition) is 1. The summed E-state index contributed by atoms with van der Waals surface area (Å²) in [6, 6.07) is 0.473. The van der Waals surface area contributed by atoms with Crippen molar-refractivity contribution < 1.29 is 8.42 Å². The molecule has 0 aliphatic carbocycles. The second kappa shape index (κ2) is 6.32. The molecule has 2 saturated heterocycles. The molecule has 1 N–H and O–H groups in total. The summed E-state index contributed by atoms with van der Waals surface area (Å²) >= 11 is 0. The zero-order chi connectivity index (χ0) is 13.0. The second-order valence-corrected chi connectivity index (χ2v) is 7.21. The molecule has 2 heterocycles. The molecule has 0 radical (unpaired) electrons. The van der Waals surface area contributed by atoms with Crippen LogP contribution in [0.1, 0.15) is 38.5 Å². The van der Waals surface area contributed by atoms with E-state index in [4.69, 9.17) is 0 Å². The number of rotatable bonds is 3. The third-order valence-electron chi connectivity index (χ3n) is 4.08. The molecule has 5 nitrogen and oxygen atoms in total. The van der Waals surface area contributed by atoms with Crippen molar-refractivity contribution >= 4 is 10.2 Å². The Bertz CT molecular complexity index is 342. The molecular formula is C12H25N3O2S. The van der Waals surface area contributed by atoms with E-state index >= 15 is 0 Å². The molecule has 0 saturated carbocycles. The van der Waals surface area contributed by atoms with Gasteiger partial charge in [0.1, 0.15) is 0 Å². The standard InChI is InChI=1S/C12H25N3O2S/c1-13-12-6-10-15(11-7-12)18(16,17)14-8-4-2-3-5-9-14/h12-13H,2-11H2,1H3. The molecule has 2 aliphatic heterocycles. The van der Waals surface area contributed by atoms with Crippen molar-refractivity contribution in [3.05, 3.63) is 0 Å². The Labute approximate surface area is 111 Å². The first kappa shape index (κ1) is 14.2. The molecule has 0 atom stereocenters. The quantitative estimate of drug-likeness (QED) is 0.828. The average molecular weight is 275 g/mol. The van der Waals surface area contributed by atoms with E-state index in [1.807, 2.05) is 7.05 Å². The Morgan fingerprint density at radius 2 is 1.39 bits per heavy atom. The van der Waals surface area contributed by atoms with Crippen LogP contribution in [0, 0.1) is 0 Å². The van der Waals surface area contributed by atoms with Gasteiger partial charge < -0.3 is 5.32 Å². The van der Waals surface area contributed by atoms with Gasteiger partial charge in [0.25, 0.3) is 10.2 Å². The highest BCUT2D eigenvalue weighted by Gasteiger charge is 2.32. The minimum Gasteiger partial charge on any atom is -0.317 e. The van der Waals surface area contributed by atoms with Crippen LogP contribution in [0.2, 0.25) is 0 Å². The predicted octanol–water partition coefficient (Wildman–Crippen LogP) is 0.791. The van der Waals surface area contributed by atoms with Gasteiger partial charge in [-0.2, -0.15) is 17.0 Å². The molecule has 6 heteroatoms. The van der Waals surface area contributed by atoms with Crippen LogP contribution in [0.4, 0.5) is 0 Å². The first-order valence-electron chi connectivity index (χ1n) is 7.07. The van der Waals surface area contributed by atoms with Crippen LogP contribution in [0.25, 0.3) is 0 Å². The van der Waals surface area contributed by atoms with Gasteiger partial charge in [0.2, 0.25) is 0 Å². The lowest BCUT2D eigenvalue weighted by Crippen LogP contribution is -2.49. The van der Waals surface area contributed by atoms with Crippen LogP contribution in [0.5, 0.6) is 0 Å². The molecule has 18 heavy (non-hydrogen) atoms.